The SMILES string of the molecule is CC1(Cn2nc(C34CC(F)(C3)C4)c(C(F)(F)F)c2C(=O)Nc2ccnc(S(C)(=N)=O)c2)CC(F)(F)C1. The quantitative estimate of drug-likeness (QED) is 0.499. The molecule has 2 aromatic heterocycles. The number of carbonyl (C=O) groups is 1. The van der Waals surface area contributed by atoms with Crippen LogP contribution in [0.4, 0.5) is 32.0 Å². The summed E-state index contributed by atoms with van der Waals surface area (Å²) in [6.45, 7) is 1.13. The standard InChI is InChI=1S/C22H23F6N5O2S/c1-18(6-21(24,25)7-18)11-33-15(17(34)31-12-3-4-30-13(5-12)36(2,29)35)14(22(26,27)28)16(32-33)19-8-20(23,9-19)10-19/h3-5,29H,6-11H2,1-2H3,(H,30,31,34). The summed E-state index contributed by atoms with van der Waals surface area (Å²) in [5.41, 5.74) is -6.41. The van der Waals surface area contributed by atoms with Crippen LogP contribution in [0.1, 0.15) is 60.8 Å². The average molecular weight is 536 g/mol. The summed E-state index contributed by atoms with van der Waals surface area (Å²) in [6, 6.07) is 2.37. The number of nitrogens with one attached hydrogen (secondary N) is 2. The number of hydrogen-bond donors (Lipinski definition) is 2. The van der Waals surface area contributed by atoms with Crippen LogP contribution in [0.2, 0.25) is 0 Å². The summed E-state index contributed by atoms with van der Waals surface area (Å²) in [5, 5.41) is 6.24. The Balaban J connectivity index is 1.58. The molecular formula is C22H23F6N5O2S. The molecule has 14 heteroatoms. The molecule has 1 atom stereocenters. The van der Waals surface area contributed by atoms with E-state index in [2.05, 4.69) is 15.4 Å². The van der Waals surface area contributed by atoms with E-state index in [1.165, 1.54) is 13.0 Å². The van der Waals surface area contributed by atoms with E-state index >= 15 is 0 Å². The molecule has 36 heavy (non-hydrogen) atoms. The zero-order valence-corrected chi connectivity index (χ0v) is 20.1. The van der Waals surface area contributed by atoms with Crippen LogP contribution >= 0.6 is 0 Å². The van der Waals surface area contributed by atoms with Gasteiger partial charge in [0.15, 0.2) is 0 Å². The lowest BCUT2D eigenvalue weighted by atomic mass is 9.41. The van der Waals surface area contributed by atoms with Crippen LogP contribution < -0.4 is 5.32 Å². The highest BCUT2D eigenvalue weighted by Crippen LogP contribution is 2.70. The number of pyridine rings is 1. The molecule has 196 valence electrons. The van der Waals surface area contributed by atoms with E-state index in [1.807, 2.05) is 0 Å². The van der Waals surface area contributed by atoms with E-state index in [0.717, 1.165) is 23.2 Å². The first kappa shape index (κ1) is 25.0. The minimum atomic E-state index is -5.02. The fraction of sp³-hybridized carbons (Fsp3) is 0.591. The van der Waals surface area contributed by atoms with Crippen LogP contribution in [0, 0.1) is 10.2 Å². The number of anilines is 1. The van der Waals surface area contributed by atoms with Crippen molar-refractivity contribution in [3.05, 3.63) is 35.3 Å². The van der Waals surface area contributed by atoms with Crippen molar-refractivity contribution >= 4 is 21.3 Å². The molecule has 0 aliphatic heterocycles. The van der Waals surface area contributed by atoms with Gasteiger partial charge in [-0.2, -0.15) is 18.3 Å². The second-order valence-corrected chi connectivity index (χ2v) is 13.0. The summed E-state index contributed by atoms with van der Waals surface area (Å²) < 4.78 is 105. The molecule has 4 aliphatic rings. The first-order valence-electron chi connectivity index (χ1n) is 11.1. The zero-order chi connectivity index (χ0) is 26.5. The Kier molecular flexibility index (Phi) is 5.02. The molecule has 2 N–H and O–H groups in total. The van der Waals surface area contributed by atoms with Crippen LogP contribution in [-0.4, -0.2) is 42.7 Å². The van der Waals surface area contributed by atoms with Crippen molar-refractivity contribution in [2.75, 3.05) is 11.6 Å². The summed E-state index contributed by atoms with van der Waals surface area (Å²) in [5.74, 6) is -4.16. The predicted octanol–water partition coefficient (Wildman–Crippen LogP) is 5.16. The van der Waals surface area contributed by atoms with Gasteiger partial charge in [0, 0.05) is 42.9 Å². The van der Waals surface area contributed by atoms with E-state index in [4.69, 9.17) is 4.78 Å². The van der Waals surface area contributed by atoms with Gasteiger partial charge in [-0.05, 0) is 36.8 Å². The molecule has 0 aromatic carbocycles. The van der Waals surface area contributed by atoms with E-state index in [-0.39, 0.29) is 36.5 Å². The molecule has 2 aromatic rings. The second kappa shape index (κ2) is 7.23. The lowest BCUT2D eigenvalue weighted by molar-refractivity contribution is -0.170. The molecule has 0 saturated heterocycles. The van der Waals surface area contributed by atoms with Crippen LogP contribution in [0.3, 0.4) is 0 Å². The van der Waals surface area contributed by atoms with Gasteiger partial charge in [0.1, 0.15) is 22.0 Å². The van der Waals surface area contributed by atoms with Gasteiger partial charge in [0.2, 0.25) is 5.92 Å². The molecule has 2 bridgehead atoms. The number of carbonyl (C=O) groups excluding carboxylic acids is 1. The fourth-order valence-electron chi connectivity index (χ4n) is 5.92. The lowest BCUT2D eigenvalue weighted by Gasteiger charge is -2.65. The van der Waals surface area contributed by atoms with Crippen molar-refractivity contribution in [1.29, 1.82) is 4.78 Å². The van der Waals surface area contributed by atoms with Crippen LogP contribution in [-0.2, 0) is 27.9 Å². The van der Waals surface area contributed by atoms with E-state index in [1.54, 1.807) is 0 Å². The summed E-state index contributed by atoms with van der Waals surface area (Å²) in [4.78, 5) is 17.1. The topological polar surface area (TPSA) is 101 Å². The predicted molar refractivity (Wildman–Crippen MR) is 116 cm³/mol. The lowest BCUT2D eigenvalue weighted by Crippen LogP contribution is -2.67. The van der Waals surface area contributed by atoms with E-state index in [0.29, 0.717) is 0 Å². The molecule has 1 amide bonds. The van der Waals surface area contributed by atoms with Gasteiger partial charge >= 0.3 is 6.18 Å². The maximum Gasteiger partial charge on any atom is 0.420 e. The average Bonchev–Trinajstić information content (AvgIpc) is 3.01. The molecule has 4 fully saturated rings. The van der Waals surface area contributed by atoms with Crippen LogP contribution in [0.15, 0.2) is 23.4 Å². The fourth-order valence-corrected chi connectivity index (χ4v) is 6.54. The molecule has 7 nitrogen and oxygen atoms in total. The van der Waals surface area contributed by atoms with Gasteiger partial charge in [0.05, 0.1) is 15.4 Å². The maximum absolute atomic E-state index is 14.4. The van der Waals surface area contributed by atoms with Gasteiger partial charge in [0.25, 0.3) is 5.91 Å². The van der Waals surface area contributed by atoms with Crippen molar-refractivity contribution < 1.29 is 35.3 Å². The van der Waals surface area contributed by atoms with Crippen molar-refractivity contribution in [2.24, 2.45) is 5.41 Å². The van der Waals surface area contributed by atoms with Gasteiger partial charge in [-0.25, -0.2) is 27.1 Å². The number of halogens is 6. The van der Waals surface area contributed by atoms with E-state index in [9.17, 15) is 35.3 Å². The van der Waals surface area contributed by atoms with Crippen LogP contribution in [0.25, 0.3) is 0 Å². The highest BCUT2D eigenvalue weighted by molar-refractivity contribution is 7.91. The minimum absolute atomic E-state index is 0.0520. The van der Waals surface area contributed by atoms with Crippen molar-refractivity contribution in [3.8, 4) is 0 Å². The summed E-state index contributed by atoms with van der Waals surface area (Å²) >= 11 is 0. The molecule has 4 saturated carbocycles. The smallest absolute Gasteiger partial charge is 0.320 e. The third-order valence-electron chi connectivity index (χ3n) is 7.21. The largest absolute Gasteiger partial charge is 0.420 e. The summed E-state index contributed by atoms with van der Waals surface area (Å²) in [6.07, 6.45) is -4.34. The van der Waals surface area contributed by atoms with E-state index < -0.39 is 74.0 Å². The normalized spacial score (nSPS) is 29.3. The zero-order valence-electron chi connectivity index (χ0n) is 19.3. The number of rotatable bonds is 6. The molecule has 0 radical (unpaired) electrons. The van der Waals surface area contributed by atoms with Gasteiger partial charge in [-0.3, -0.25) is 9.48 Å². The molecule has 1 unspecified atom stereocenters. The maximum atomic E-state index is 14.4. The second-order valence-electron chi connectivity index (χ2n) is 10.9. The van der Waals surface area contributed by atoms with Crippen molar-refractivity contribution in [1.82, 2.24) is 14.8 Å². The number of amides is 1. The number of alkyl halides is 6. The molecular weight excluding hydrogens is 512 g/mol. The Morgan fingerprint density at radius 1 is 1.19 bits per heavy atom. The third-order valence-corrected chi connectivity index (χ3v) is 8.23. The Morgan fingerprint density at radius 2 is 1.81 bits per heavy atom. The first-order chi connectivity index (χ1) is 16.3. The van der Waals surface area contributed by atoms with Gasteiger partial charge in [-0.15, -0.1) is 0 Å². The summed E-state index contributed by atoms with van der Waals surface area (Å²) in [7, 11) is -3.27. The van der Waals surface area contributed by atoms with Gasteiger partial charge < -0.3 is 5.32 Å². The van der Waals surface area contributed by atoms with Gasteiger partial charge in [-0.1, -0.05) is 6.92 Å². The highest BCUT2D eigenvalue weighted by atomic mass is 32.2. The molecule has 2 heterocycles. The minimum Gasteiger partial charge on any atom is -0.320 e. The monoisotopic (exact) mass is 535 g/mol. The van der Waals surface area contributed by atoms with Crippen molar-refractivity contribution in [2.45, 2.75) is 73.8 Å². The number of hydrogen-bond acceptors (Lipinski definition) is 5. The Hall–Kier alpha value is -2.64. The third kappa shape index (κ3) is 4.06. The first-order valence-corrected chi connectivity index (χ1v) is 13.1. The molecule has 0 spiro atoms. The Morgan fingerprint density at radius 3 is 2.31 bits per heavy atom. The Bertz CT molecular complexity index is 1360. The number of aromatic nitrogens is 3. The molecule has 4 aliphatic carbocycles. The molecule has 6 rings (SSSR count). The van der Waals surface area contributed by atoms with Crippen molar-refractivity contribution in [3.63, 3.8) is 0 Å². The Labute approximate surface area is 202 Å². The highest BCUT2D eigenvalue weighted by Gasteiger charge is 2.72. The number of nitrogens with zero attached hydrogens (tertiary/aromatic N) is 3. The van der Waals surface area contributed by atoms with Crippen LogP contribution in [0.5, 0.6) is 0 Å².